The summed E-state index contributed by atoms with van der Waals surface area (Å²) in [5.41, 5.74) is 3.56. The molecule has 1 saturated heterocycles. The summed E-state index contributed by atoms with van der Waals surface area (Å²) in [5.74, 6) is -0.169. The van der Waals surface area contributed by atoms with E-state index in [0.29, 0.717) is 27.9 Å². The number of nitrogens with one attached hydrogen (secondary N) is 1. The summed E-state index contributed by atoms with van der Waals surface area (Å²) in [6.07, 6.45) is 1.96. The lowest BCUT2D eigenvalue weighted by Gasteiger charge is -2.20. The second-order valence-electron chi connectivity index (χ2n) is 7.93. The van der Waals surface area contributed by atoms with Crippen molar-refractivity contribution in [3.8, 4) is 6.07 Å². The first-order valence-corrected chi connectivity index (χ1v) is 11.9. The molecule has 172 valence electrons. The second-order valence-corrected chi connectivity index (χ2v) is 9.56. The zero-order chi connectivity index (χ0) is 24.2. The average Bonchev–Trinajstić information content (AvgIpc) is 3.45. The van der Waals surface area contributed by atoms with Crippen molar-refractivity contribution >= 4 is 40.9 Å². The Kier molecular flexibility index (Phi) is 7.11. The van der Waals surface area contributed by atoms with Crippen molar-refractivity contribution in [2.24, 2.45) is 0 Å². The van der Waals surface area contributed by atoms with E-state index in [1.807, 2.05) is 50.2 Å². The lowest BCUT2D eigenvalue weighted by Crippen LogP contribution is -2.32. The van der Waals surface area contributed by atoms with E-state index in [1.54, 1.807) is 24.3 Å². The van der Waals surface area contributed by atoms with Gasteiger partial charge >= 0.3 is 0 Å². The number of hydrogen-bond acceptors (Lipinski definition) is 5. The highest BCUT2D eigenvalue weighted by Crippen LogP contribution is 2.42. The number of anilines is 1. The van der Waals surface area contributed by atoms with Crippen LogP contribution >= 0.6 is 23.4 Å². The summed E-state index contributed by atoms with van der Waals surface area (Å²) in [4.78, 5) is 28.0. The van der Waals surface area contributed by atoms with E-state index in [4.69, 9.17) is 16.0 Å². The smallest absolute Gasteiger partial charge is 0.265 e. The van der Waals surface area contributed by atoms with Gasteiger partial charge in [0.25, 0.3) is 5.91 Å². The maximum atomic E-state index is 13.6. The van der Waals surface area contributed by atoms with Crippen LogP contribution in [0.4, 0.5) is 5.69 Å². The Morgan fingerprint density at radius 2 is 1.94 bits per heavy atom. The van der Waals surface area contributed by atoms with Crippen LogP contribution < -0.4 is 10.2 Å². The highest BCUT2D eigenvalue weighted by molar-refractivity contribution is 8.05. The summed E-state index contributed by atoms with van der Waals surface area (Å²) in [6, 6.07) is 18.4. The number of amides is 2. The molecular weight excluding hydrogens is 470 g/mol. The molecule has 1 unspecified atom stereocenters. The Bertz CT molecular complexity index is 1290. The number of carbonyl (C=O) groups excluding carboxylic acids is 2. The molecule has 1 atom stereocenters. The minimum atomic E-state index is -0.560. The number of nitrogens with zero attached hydrogens (tertiary/aromatic N) is 2. The van der Waals surface area contributed by atoms with Crippen LogP contribution in [0.25, 0.3) is 0 Å². The molecule has 2 amide bonds. The molecule has 1 fully saturated rings. The lowest BCUT2D eigenvalue weighted by molar-refractivity contribution is -0.117. The molecule has 34 heavy (non-hydrogen) atoms. The van der Waals surface area contributed by atoms with Gasteiger partial charge in [0.2, 0.25) is 5.91 Å². The van der Waals surface area contributed by atoms with Gasteiger partial charge in [-0.2, -0.15) is 5.26 Å². The normalized spacial score (nSPS) is 16.9. The number of aryl methyl sites for hydroxylation is 2. The number of thioether (sulfide) groups is 1. The van der Waals surface area contributed by atoms with E-state index in [1.165, 1.54) is 22.9 Å². The number of furan rings is 1. The van der Waals surface area contributed by atoms with Crippen LogP contribution in [0.5, 0.6) is 0 Å². The van der Waals surface area contributed by atoms with Crippen molar-refractivity contribution in [3.63, 3.8) is 0 Å². The van der Waals surface area contributed by atoms with Gasteiger partial charge in [-0.15, -0.1) is 0 Å². The quantitative estimate of drug-likeness (QED) is 0.374. The van der Waals surface area contributed by atoms with Gasteiger partial charge in [-0.1, -0.05) is 41.6 Å². The van der Waals surface area contributed by atoms with Crippen LogP contribution in [0.3, 0.4) is 0 Å². The predicted octanol–water partition coefficient (Wildman–Crippen LogP) is 5.29. The van der Waals surface area contributed by atoms with Gasteiger partial charge in [0.1, 0.15) is 22.4 Å². The first-order chi connectivity index (χ1) is 16.4. The third-order valence-corrected chi connectivity index (χ3v) is 7.11. The number of halogens is 1. The molecule has 0 bridgehead atoms. The van der Waals surface area contributed by atoms with Crippen molar-refractivity contribution < 1.29 is 14.0 Å². The maximum absolute atomic E-state index is 13.6. The number of nitriles is 1. The molecule has 4 rings (SSSR count). The highest BCUT2D eigenvalue weighted by atomic mass is 35.5. The maximum Gasteiger partial charge on any atom is 0.265 e. The zero-order valence-corrected chi connectivity index (χ0v) is 20.2. The third kappa shape index (κ3) is 5.04. The van der Waals surface area contributed by atoms with Crippen LogP contribution in [0.1, 0.15) is 22.5 Å². The van der Waals surface area contributed by atoms with Crippen LogP contribution in [-0.4, -0.2) is 17.1 Å². The fourth-order valence-electron chi connectivity index (χ4n) is 3.59. The average molecular weight is 492 g/mol. The summed E-state index contributed by atoms with van der Waals surface area (Å²) < 4.78 is 5.25. The zero-order valence-electron chi connectivity index (χ0n) is 18.7. The van der Waals surface area contributed by atoms with E-state index in [-0.39, 0.29) is 18.0 Å². The number of benzene rings is 2. The van der Waals surface area contributed by atoms with E-state index >= 15 is 0 Å². The summed E-state index contributed by atoms with van der Waals surface area (Å²) >= 11 is 7.23. The summed E-state index contributed by atoms with van der Waals surface area (Å²) in [7, 11) is 0. The molecule has 1 aromatic heterocycles. The first kappa shape index (κ1) is 23.7. The number of hydrogen-bond donors (Lipinski definition) is 1. The van der Waals surface area contributed by atoms with E-state index < -0.39 is 11.2 Å². The van der Waals surface area contributed by atoms with Crippen molar-refractivity contribution in [3.05, 3.63) is 98.9 Å². The van der Waals surface area contributed by atoms with Crippen LogP contribution in [0.15, 0.2) is 75.9 Å². The molecule has 0 aliphatic carbocycles. The van der Waals surface area contributed by atoms with E-state index in [2.05, 4.69) is 5.32 Å². The fraction of sp³-hybridized carbons (Fsp3) is 0.192. The van der Waals surface area contributed by atoms with Gasteiger partial charge in [0.05, 0.1) is 18.1 Å². The molecule has 3 aromatic rings. The minimum absolute atomic E-state index is 0.109. The molecule has 2 heterocycles. The Labute approximate surface area is 207 Å². The monoisotopic (exact) mass is 491 g/mol. The topological polar surface area (TPSA) is 86.3 Å². The molecule has 2 aromatic carbocycles. The molecule has 1 N–H and O–H groups in total. The Morgan fingerprint density at radius 3 is 2.59 bits per heavy atom. The first-order valence-electron chi connectivity index (χ1n) is 10.6. The molecular formula is C26H22ClN3O3S. The standard InChI is InChI=1S/C26H22ClN3O3S/c1-16-5-10-20(12-17(16)2)30-25(32)23(13-18-6-8-19(27)9-7-18)34-26(30)22(14-28)24(31)29-15-21-4-3-11-33-21/h3-12,23H,13,15H2,1-2H3,(H,29,31)/b26-22-. The van der Waals surface area contributed by atoms with Gasteiger partial charge < -0.3 is 9.73 Å². The van der Waals surface area contributed by atoms with Crippen LogP contribution in [0, 0.1) is 25.2 Å². The minimum Gasteiger partial charge on any atom is -0.467 e. The molecule has 1 aliphatic rings. The van der Waals surface area contributed by atoms with E-state index in [9.17, 15) is 14.9 Å². The Balaban J connectivity index is 1.70. The van der Waals surface area contributed by atoms with Gasteiger partial charge in [-0.05, 0) is 73.4 Å². The second kappa shape index (κ2) is 10.2. The summed E-state index contributed by atoms with van der Waals surface area (Å²) in [5, 5.41) is 13.1. The lowest BCUT2D eigenvalue weighted by atomic mass is 10.1. The molecule has 0 saturated carbocycles. The molecule has 1 aliphatic heterocycles. The molecule has 6 nitrogen and oxygen atoms in total. The van der Waals surface area contributed by atoms with Crippen LogP contribution in [0.2, 0.25) is 5.02 Å². The highest BCUT2D eigenvalue weighted by Gasteiger charge is 2.40. The Morgan fingerprint density at radius 1 is 1.18 bits per heavy atom. The third-order valence-electron chi connectivity index (χ3n) is 5.59. The van der Waals surface area contributed by atoms with E-state index in [0.717, 1.165) is 16.7 Å². The Hall–Kier alpha value is -3.47. The van der Waals surface area contributed by atoms with Crippen LogP contribution in [-0.2, 0) is 22.6 Å². The van der Waals surface area contributed by atoms with Gasteiger partial charge in [0.15, 0.2) is 0 Å². The fourth-order valence-corrected chi connectivity index (χ4v) is 5.02. The van der Waals surface area contributed by atoms with Crippen molar-refractivity contribution in [2.45, 2.75) is 32.1 Å². The summed E-state index contributed by atoms with van der Waals surface area (Å²) in [6.45, 7) is 4.09. The SMILES string of the molecule is Cc1ccc(N2C(=O)C(Cc3ccc(Cl)cc3)S/C2=C(/C#N)C(=O)NCc2ccco2)cc1C. The molecule has 8 heteroatoms. The molecule has 0 spiro atoms. The van der Waals surface area contributed by atoms with Gasteiger partial charge in [0, 0.05) is 10.7 Å². The van der Waals surface area contributed by atoms with Gasteiger partial charge in [-0.25, -0.2) is 0 Å². The van der Waals surface area contributed by atoms with Gasteiger partial charge in [-0.3, -0.25) is 14.5 Å². The van der Waals surface area contributed by atoms with Crippen molar-refractivity contribution in [1.29, 1.82) is 5.26 Å². The predicted molar refractivity (Wildman–Crippen MR) is 133 cm³/mol. The number of carbonyl (C=O) groups is 2. The van der Waals surface area contributed by atoms with Crippen molar-refractivity contribution in [1.82, 2.24) is 5.32 Å². The number of rotatable bonds is 6. The molecule has 0 radical (unpaired) electrons. The largest absolute Gasteiger partial charge is 0.467 e. The van der Waals surface area contributed by atoms with Crippen molar-refractivity contribution in [2.75, 3.05) is 4.90 Å².